The van der Waals surface area contributed by atoms with Gasteiger partial charge in [-0.25, -0.2) is 0 Å². The summed E-state index contributed by atoms with van der Waals surface area (Å²) in [6, 6.07) is 0. The highest BCUT2D eigenvalue weighted by Crippen LogP contribution is 2.36. The molecule has 0 aromatic rings. The fourth-order valence-electron chi connectivity index (χ4n) is 5.16. The number of hydrogen-bond donors (Lipinski definition) is 0. The zero-order valence-electron chi connectivity index (χ0n) is 16.3. The van der Waals surface area contributed by atoms with Crippen LogP contribution >= 0.6 is 0 Å². The Morgan fingerprint density at radius 1 is 0.808 bits per heavy atom. The van der Waals surface area contributed by atoms with Gasteiger partial charge in [0.1, 0.15) is 6.10 Å². The van der Waals surface area contributed by atoms with E-state index in [1.807, 2.05) is 0 Å². The maximum atomic E-state index is 13.2. The third-order valence-electron chi connectivity index (χ3n) is 6.97. The molecule has 4 nitrogen and oxygen atoms in total. The lowest BCUT2D eigenvalue weighted by Crippen LogP contribution is -2.42. The average Bonchev–Trinajstić information content (AvgIpc) is 2.67. The summed E-state index contributed by atoms with van der Waals surface area (Å²) in [6.07, 6.45) is 12.9. The second kappa shape index (κ2) is 9.18. The van der Waals surface area contributed by atoms with Crippen LogP contribution in [0.2, 0.25) is 0 Å². The summed E-state index contributed by atoms with van der Waals surface area (Å²) in [4.78, 5) is 13.2. The lowest BCUT2D eigenvalue weighted by atomic mass is 9.78. The summed E-state index contributed by atoms with van der Waals surface area (Å²) in [6.45, 7) is 2.18. The largest absolute Gasteiger partial charge is 0.296 e. The summed E-state index contributed by atoms with van der Waals surface area (Å²) in [5.41, 5.74) is 0. The van der Waals surface area contributed by atoms with E-state index in [9.17, 15) is 13.2 Å². The molecular weight excluding hydrogens is 348 g/mol. The normalized spacial score (nSPS) is 30.8. The first kappa shape index (κ1) is 20.3. The van der Waals surface area contributed by atoms with Crippen LogP contribution in [-0.2, 0) is 19.1 Å². The van der Waals surface area contributed by atoms with E-state index >= 15 is 0 Å². The van der Waals surface area contributed by atoms with E-state index < -0.39 is 21.5 Å². The van der Waals surface area contributed by atoms with E-state index in [-0.39, 0.29) is 17.6 Å². The van der Waals surface area contributed by atoms with Crippen LogP contribution in [0.3, 0.4) is 0 Å². The monoisotopic (exact) mass is 384 g/mol. The smallest absolute Gasteiger partial charge is 0.270 e. The number of carbonyl (C=O) groups is 1. The first-order valence-electron chi connectivity index (χ1n) is 10.9. The van der Waals surface area contributed by atoms with Gasteiger partial charge in [0, 0.05) is 5.92 Å². The van der Waals surface area contributed by atoms with Gasteiger partial charge in [-0.15, -0.1) is 0 Å². The molecule has 3 saturated carbocycles. The minimum atomic E-state index is -3.66. The van der Waals surface area contributed by atoms with Gasteiger partial charge in [0.05, 0.1) is 5.25 Å². The maximum Gasteiger partial charge on any atom is 0.270 e. The van der Waals surface area contributed by atoms with Crippen LogP contribution in [0, 0.1) is 17.8 Å². The average molecular weight is 385 g/mol. The molecule has 0 spiro atoms. The minimum Gasteiger partial charge on any atom is -0.296 e. The Morgan fingerprint density at radius 2 is 1.35 bits per heavy atom. The van der Waals surface area contributed by atoms with Gasteiger partial charge in [-0.05, 0) is 63.2 Å². The van der Waals surface area contributed by atoms with Crippen LogP contribution in [0.4, 0.5) is 0 Å². The van der Waals surface area contributed by atoms with Gasteiger partial charge >= 0.3 is 0 Å². The summed E-state index contributed by atoms with van der Waals surface area (Å²) in [5, 5.41) is -0.413. The van der Waals surface area contributed by atoms with Crippen molar-refractivity contribution in [3.05, 3.63) is 0 Å². The van der Waals surface area contributed by atoms with Crippen molar-refractivity contribution >= 4 is 15.9 Å². The lowest BCUT2D eigenvalue weighted by molar-refractivity contribution is -0.133. The SMILES string of the molecule is CC1CCC(S(=O)(=O)OC(C(=O)C2CCCCC2)C2CCCCC2)CC1. The maximum absolute atomic E-state index is 13.2. The Bertz CT molecular complexity index is 551. The summed E-state index contributed by atoms with van der Waals surface area (Å²) in [7, 11) is -3.66. The predicted molar refractivity (Wildman–Crippen MR) is 103 cm³/mol. The van der Waals surface area contributed by atoms with E-state index in [1.54, 1.807) is 0 Å². The van der Waals surface area contributed by atoms with Crippen LogP contribution in [0.25, 0.3) is 0 Å². The lowest BCUT2D eigenvalue weighted by Gasteiger charge is -2.34. The molecule has 0 heterocycles. The third kappa shape index (κ3) is 5.09. The Balaban J connectivity index is 1.72. The Morgan fingerprint density at radius 3 is 1.92 bits per heavy atom. The highest BCUT2D eigenvalue weighted by atomic mass is 32.2. The van der Waals surface area contributed by atoms with E-state index in [0.717, 1.165) is 64.2 Å². The molecule has 0 aromatic heterocycles. The molecule has 3 rings (SSSR count). The molecule has 3 fully saturated rings. The highest BCUT2D eigenvalue weighted by Gasteiger charge is 2.40. The van der Waals surface area contributed by atoms with Crippen LogP contribution in [0.5, 0.6) is 0 Å². The molecule has 0 radical (unpaired) electrons. The fourth-order valence-corrected chi connectivity index (χ4v) is 6.70. The molecular formula is C21H36O4S. The van der Waals surface area contributed by atoms with Crippen molar-refractivity contribution in [3.8, 4) is 0 Å². The Hall–Kier alpha value is -0.420. The van der Waals surface area contributed by atoms with Gasteiger partial charge in [-0.2, -0.15) is 8.42 Å². The van der Waals surface area contributed by atoms with Crippen molar-refractivity contribution in [2.24, 2.45) is 17.8 Å². The molecule has 0 bridgehead atoms. The molecule has 0 saturated heterocycles. The molecule has 1 atom stereocenters. The zero-order valence-corrected chi connectivity index (χ0v) is 17.1. The number of Topliss-reactive ketones (excluding diaryl/α,β-unsaturated/α-hetero) is 1. The zero-order chi connectivity index (χ0) is 18.6. The molecule has 0 aliphatic heterocycles. The fraction of sp³-hybridized carbons (Fsp3) is 0.952. The second-order valence-electron chi connectivity index (χ2n) is 9.03. The number of rotatable bonds is 6. The van der Waals surface area contributed by atoms with Gasteiger partial charge < -0.3 is 0 Å². The standard InChI is InChI=1S/C21H36O4S/c1-16-12-14-19(15-13-16)26(23,24)25-21(18-10-6-3-7-11-18)20(22)17-8-4-2-5-9-17/h16-19,21H,2-15H2,1H3. The first-order valence-corrected chi connectivity index (χ1v) is 12.4. The molecule has 3 aliphatic carbocycles. The van der Waals surface area contributed by atoms with Gasteiger partial charge in [0.15, 0.2) is 5.78 Å². The molecule has 0 amide bonds. The molecule has 150 valence electrons. The number of carbonyl (C=O) groups excluding carboxylic acids is 1. The van der Waals surface area contributed by atoms with E-state index in [4.69, 9.17) is 4.18 Å². The number of ketones is 1. The van der Waals surface area contributed by atoms with Gasteiger partial charge in [0.2, 0.25) is 0 Å². The second-order valence-corrected chi connectivity index (χ2v) is 10.9. The van der Waals surface area contributed by atoms with E-state index in [0.29, 0.717) is 18.8 Å². The molecule has 26 heavy (non-hydrogen) atoms. The molecule has 3 aliphatic rings. The molecule has 0 N–H and O–H groups in total. The number of hydrogen-bond acceptors (Lipinski definition) is 4. The van der Waals surface area contributed by atoms with Crippen LogP contribution < -0.4 is 0 Å². The van der Waals surface area contributed by atoms with Crippen molar-refractivity contribution in [3.63, 3.8) is 0 Å². The summed E-state index contributed by atoms with van der Waals surface area (Å²) in [5.74, 6) is 0.788. The van der Waals surface area contributed by atoms with Crippen molar-refractivity contribution in [1.29, 1.82) is 0 Å². The molecule has 5 heteroatoms. The van der Waals surface area contributed by atoms with Crippen molar-refractivity contribution in [2.45, 2.75) is 108 Å². The van der Waals surface area contributed by atoms with Gasteiger partial charge in [-0.3, -0.25) is 8.98 Å². The quantitative estimate of drug-likeness (QED) is 0.604. The van der Waals surface area contributed by atoms with Crippen molar-refractivity contribution in [2.75, 3.05) is 0 Å². The summed E-state index contributed by atoms with van der Waals surface area (Å²) < 4.78 is 31.7. The topological polar surface area (TPSA) is 60.4 Å². The van der Waals surface area contributed by atoms with Gasteiger partial charge in [0.25, 0.3) is 10.1 Å². The van der Waals surface area contributed by atoms with Gasteiger partial charge in [-0.1, -0.05) is 45.4 Å². The molecule has 1 unspecified atom stereocenters. The third-order valence-corrected chi connectivity index (χ3v) is 8.74. The van der Waals surface area contributed by atoms with Crippen LogP contribution in [0.1, 0.15) is 96.8 Å². The first-order chi connectivity index (χ1) is 12.5. The Labute approximate surface area is 159 Å². The predicted octanol–water partition coefficient (Wildman–Crippen LogP) is 5.01. The van der Waals surface area contributed by atoms with Crippen molar-refractivity contribution < 1.29 is 17.4 Å². The van der Waals surface area contributed by atoms with Crippen LogP contribution in [-0.4, -0.2) is 25.6 Å². The van der Waals surface area contributed by atoms with E-state index in [2.05, 4.69) is 6.92 Å². The molecule has 0 aromatic carbocycles. The Kier molecular flexibility index (Phi) is 7.18. The minimum absolute atomic E-state index is 0.0113. The van der Waals surface area contributed by atoms with Crippen LogP contribution in [0.15, 0.2) is 0 Å². The summed E-state index contributed by atoms with van der Waals surface area (Å²) >= 11 is 0. The highest BCUT2D eigenvalue weighted by molar-refractivity contribution is 7.87. The van der Waals surface area contributed by atoms with E-state index in [1.165, 1.54) is 12.8 Å². The van der Waals surface area contributed by atoms with Crippen molar-refractivity contribution in [1.82, 2.24) is 0 Å².